The summed E-state index contributed by atoms with van der Waals surface area (Å²) in [7, 11) is -6.96. The molecule has 0 radical (unpaired) electrons. The number of ether oxygens (including phenoxy) is 1. The molecule has 2 aliphatic rings. The molecule has 2 fully saturated rings. The molecular weight excluding hydrogens is 364 g/mol. The molecule has 2 saturated heterocycles. The quantitative estimate of drug-likeness (QED) is 0.769. The van der Waals surface area contributed by atoms with Crippen molar-refractivity contribution >= 4 is 20.0 Å². The molecule has 2 aliphatic heterocycles. The van der Waals surface area contributed by atoms with Crippen molar-refractivity contribution in [2.45, 2.75) is 36.8 Å². The normalized spacial score (nSPS) is 22.5. The van der Waals surface area contributed by atoms with Gasteiger partial charge in [-0.15, -0.1) is 0 Å². The van der Waals surface area contributed by atoms with E-state index in [-0.39, 0.29) is 18.0 Å². The number of nitrogens with zero attached hydrogens (tertiary/aromatic N) is 2. The van der Waals surface area contributed by atoms with Crippen LogP contribution in [0.5, 0.6) is 0 Å². The van der Waals surface area contributed by atoms with Gasteiger partial charge in [0, 0.05) is 32.5 Å². The summed E-state index contributed by atoms with van der Waals surface area (Å²) in [6.07, 6.45) is 2.70. The van der Waals surface area contributed by atoms with Crippen molar-refractivity contribution in [3.05, 3.63) is 29.8 Å². The summed E-state index contributed by atoms with van der Waals surface area (Å²) in [6.45, 7) is 3.17. The topological polar surface area (TPSA) is 84.0 Å². The summed E-state index contributed by atoms with van der Waals surface area (Å²) in [6, 6.07) is 6.91. The van der Waals surface area contributed by atoms with Crippen LogP contribution in [0.3, 0.4) is 0 Å². The van der Waals surface area contributed by atoms with Gasteiger partial charge in [0.05, 0.1) is 17.8 Å². The van der Waals surface area contributed by atoms with Crippen LogP contribution in [0.2, 0.25) is 0 Å². The van der Waals surface area contributed by atoms with Crippen LogP contribution < -0.4 is 0 Å². The van der Waals surface area contributed by atoms with Crippen LogP contribution in [0.1, 0.15) is 25.3 Å². The number of hydrogen-bond acceptors (Lipinski definition) is 5. The van der Waals surface area contributed by atoms with Gasteiger partial charge in [-0.25, -0.2) is 16.8 Å². The van der Waals surface area contributed by atoms with Gasteiger partial charge < -0.3 is 4.74 Å². The van der Waals surface area contributed by atoms with Gasteiger partial charge in [-0.2, -0.15) is 8.61 Å². The van der Waals surface area contributed by atoms with Gasteiger partial charge in [-0.1, -0.05) is 19.1 Å². The van der Waals surface area contributed by atoms with Crippen LogP contribution in [0.25, 0.3) is 0 Å². The monoisotopic (exact) mass is 388 g/mol. The molecule has 9 heteroatoms. The van der Waals surface area contributed by atoms with E-state index >= 15 is 0 Å². The van der Waals surface area contributed by atoms with Crippen molar-refractivity contribution in [1.29, 1.82) is 0 Å². The smallest absolute Gasteiger partial charge is 0.243 e. The van der Waals surface area contributed by atoms with E-state index in [1.54, 1.807) is 12.1 Å². The Morgan fingerprint density at radius 1 is 1.04 bits per heavy atom. The lowest BCUT2D eigenvalue weighted by Crippen LogP contribution is -2.55. The van der Waals surface area contributed by atoms with Crippen LogP contribution in [0, 0.1) is 0 Å². The molecule has 7 nitrogen and oxygen atoms in total. The molecule has 0 atom stereocenters. The summed E-state index contributed by atoms with van der Waals surface area (Å²) >= 11 is 0. The van der Waals surface area contributed by atoms with E-state index in [4.69, 9.17) is 4.74 Å². The number of piperidine rings is 1. The molecular formula is C16H24N2O5S2. The molecule has 140 valence electrons. The van der Waals surface area contributed by atoms with Crippen molar-refractivity contribution in [3.63, 3.8) is 0 Å². The lowest BCUT2D eigenvalue weighted by atomic mass is 10.0. The van der Waals surface area contributed by atoms with Crippen molar-refractivity contribution in [3.8, 4) is 0 Å². The van der Waals surface area contributed by atoms with Gasteiger partial charge in [0.1, 0.15) is 5.72 Å². The average molecular weight is 389 g/mol. The third-order valence-electron chi connectivity index (χ3n) is 4.99. The van der Waals surface area contributed by atoms with E-state index in [1.165, 1.54) is 14.9 Å². The first-order valence-electron chi connectivity index (χ1n) is 8.40. The summed E-state index contributed by atoms with van der Waals surface area (Å²) in [5.41, 5.74) is 0.186. The van der Waals surface area contributed by atoms with Crippen LogP contribution in [-0.4, -0.2) is 63.7 Å². The minimum absolute atomic E-state index is 0.240. The maximum Gasteiger partial charge on any atom is 0.243 e. The predicted molar refractivity (Wildman–Crippen MR) is 94.0 cm³/mol. The Morgan fingerprint density at radius 2 is 1.64 bits per heavy atom. The molecule has 0 aliphatic carbocycles. The second-order valence-electron chi connectivity index (χ2n) is 6.53. The SMILES string of the molecule is CCc1ccc(S(=O)(=O)N2CCC3(CC2)OCCN3S(C)(=O)=O)cc1. The van der Waals surface area contributed by atoms with Gasteiger partial charge in [-0.3, -0.25) is 0 Å². The highest BCUT2D eigenvalue weighted by molar-refractivity contribution is 7.89. The van der Waals surface area contributed by atoms with Crippen LogP contribution in [-0.2, 0) is 31.2 Å². The highest BCUT2D eigenvalue weighted by Crippen LogP contribution is 2.37. The molecule has 0 bridgehead atoms. The Kier molecular flexibility index (Phi) is 4.97. The van der Waals surface area contributed by atoms with Gasteiger partial charge >= 0.3 is 0 Å². The molecule has 0 N–H and O–H groups in total. The van der Waals surface area contributed by atoms with Crippen LogP contribution >= 0.6 is 0 Å². The van der Waals surface area contributed by atoms with E-state index in [0.29, 0.717) is 26.0 Å². The molecule has 0 aromatic heterocycles. The first kappa shape index (κ1) is 18.8. The molecule has 1 aromatic carbocycles. The predicted octanol–water partition coefficient (Wildman–Crippen LogP) is 1.02. The number of rotatable bonds is 4. The lowest BCUT2D eigenvalue weighted by molar-refractivity contribution is -0.0804. The number of benzene rings is 1. The molecule has 2 heterocycles. The second kappa shape index (κ2) is 6.62. The van der Waals surface area contributed by atoms with Crippen LogP contribution in [0.4, 0.5) is 0 Å². The largest absolute Gasteiger partial charge is 0.358 e. The summed E-state index contributed by atoms with van der Waals surface area (Å²) in [5, 5.41) is 0. The minimum atomic E-state index is -3.58. The molecule has 0 amide bonds. The molecule has 1 aromatic rings. The molecule has 1 spiro atoms. The molecule has 0 unspecified atom stereocenters. The minimum Gasteiger partial charge on any atom is -0.358 e. The fourth-order valence-corrected chi connectivity index (χ4v) is 6.27. The fraction of sp³-hybridized carbons (Fsp3) is 0.625. The van der Waals surface area contributed by atoms with Gasteiger partial charge in [0.2, 0.25) is 20.0 Å². The van der Waals surface area contributed by atoms with E-state index < -0.39 is 25.8 Å². The maximum absolute atomic E-state index is 12.8. The Labute approximate surface area is 149 Å². The van der Waals surface area contributed by atoms with E-state index in [2.05, 4.69) is 0 Å². The van der Waals surface area contributed by atoms with Crippen molar-refractivity contribution in [2.24, 2.45) is 0 Å². The lowest BCUT2D eigenvalue weighted by Gasteiger charge is -2.41. The van der Waals surface area contributed by atoms with Crippen LogP contribution in [0.15, 0.2) is 29.2 Å². The zero-order valence-corrected chi connectivity index (χ0v) is 16.1. The Morgan fingerprint density at radius 3 is 2.16 bits per heavy atom. The number of aryl methyl sites for hydroxylation is 1. The molecule has 25 heavy (non-hydrogen) atoms. The Balaban J connectivity index is 1.77. The number of hydrogen-bond donors (Lipinski definition) is 0. The van der Waals surface area contributed by atoms with E-state index in [9.17, 15) is 16.8 Å². The van der Waals surface area contributed by atoms with Gasteiger partial charge in [0.15, 0.2) is 0 Å². The van der Waals surface area contributed by atoms with Gasteiger partial charge in [0.25, 0.3) is 0 Å². The zero-order valence-electron chi connectivity index (χ0n) is 14.5. The van der Waals surface area contributed by atoms with E-state index in [0.717, 1.165) is 12.0 Å². The Hall–Kier alpha value is -1.00. The highest BCUT2D eigenvalue weighted by atomic mass is 32.2. The highest BCUT2D eigenvalue weighted by Gasteiger charge is 2.50. The summed E-state index contributed by atoms with van der Waals surface area (Å²) in [5.74, 6) is 0. The Bertz CT molecular complexity index is 826. The first-order valence-corrected chi connectivity index (χ1v) is 11.7. The second-order valence-corrected chi connectivity index (χ2v) is 10.4. The van der Waals surface area contributed by atoms with Crippen molar-refractivity contribution in [2.75, 3.05) is 32.5 Å². The maximum atomic E-state index is 12.8. The third kappa shape index (κ3) is 3.48. The summed E-state index contributed by atoms with van der Waals surface area (Å²) in [4.78, 5) is 0.271. The standard InChI is InChI=1S/C16H24N2O5S2/c1-3-14-4-6-15(7-5-14)25(21,22)17-10-8-16(9-11-17)18(12-13-23-16)24(2,19)20/h4-7H,3,8-13H2,1-2H3. The zero-order chi connectivity index (χ0) is 18.3. The van der Waals surface area contributed by atoms with Crippen molar-refractivity contribution in [1.82, 2.24) is 8.61 Å². The summed E-state index contributed by atoms with van der Waals surface area (Å²) < 4.78 is 58.1. The van der Waals surface area contributed by atoms with E-state index in [1.807, 2.05) is 19.1 Å². The number of sulfonamides is 2. The fourth-order valence-electron chi connectivity index (χ4n) is 3.58. The molecule has 0 saturated carbocycles. The first-order chi connectivity index (χ1) is 11.7. The van der Waals surface area contributed by atoms with Gasteiger partial charge in [-0.05, 0) is 24.1 Å². The third-order valence-corrected chi connectivity index (χ3v) is 8.22. The molecule has 3 rings (SSSR count). The van der Waals surface area contributed by atoms with Crippen molar-refractivity contribution < 1.29 is 21.6 Å². The average Bonchev–Trinajstić information content (AvgIpc) is 2.99.